The molecule has 102 valence electrons. The Morgan fingerprint density at radius 1 is 1.21 bits per heavy atom. The van der Waals surface area contributed by atoms with Crippen molar-refractivity contribution in [3.05, 3.63) is 34.7 Å². The molecule has 2 atom stereocenters. The molecule has 0 aliphatic heterocycles. The molecule has 0 amide bonds. The Kier molecular flexibility index (Phi) is 2.29. The van der Waals surface area contributed by atoms with Gasteiger partial charge in [-0.3, -0.25) is 4.79 Å². The minimum Gasteiger partial charge on any atom is -0.390 e. The van der Waals surface area contributed by atoms with E-state index in [1.807, 2.05) is 16.8 Å². The Hall–Kier alpha value is -1.09. The highest BCUT2D eigenvalue weighted by atomic mass is 16.3. The van der Waals surface area contributed by atoms with Crippen LogP contribution in [-0.4, -0.2) is 15.3 Å². The lowest BCUT2D eigenvalue weighted by Crippen LogP contribution is -2.57. The Bertz CT molecular complexity index is 548. The molecule has 1 heterocycles. The van der Waals surface area contributed by atoms with E-state index in [1.165, 1.54) is 19.3 Å². The average molecular weight is 259 g/mol. The van der Waals surface area contributed by atoms with Crippen LogP contribution in [0.25, 0.3) is 0 Å². The fraction of sp³-hybridized carbons (Fsp3) is 0.688. The zero-order valence-corrected chi connectivity index (χ0v) is 11.2. The van der Waals surface area contributed by atoms with E-state index >= 15 is 0 Å². The van der Waals surface area contributed by atoms with Gasteiger partial charge >= 0.3 is 0 Å². The summed E-state index contributed by atoms with van der Waals surface area (Å²) in [6, 6.07) is 5.36. The summed E-state index contributed by atoms with van der Waals surface area (Å²) in [6.45, 7) is 0.794. The first-order valence-corrected chi connectivity index (χ1v) is 7.44. The largest absolute Gasteiger partial charge is 0.390 e. The standard InChI is InChI=1S/C16H21NO2/c18-14-3-1-2-4-17(14)11-15-6-12-5-13(7-15)9-16(19,8-12)10-15/h1-4,12-13,19H,5-11H2. The molecule has 4 aliphatic carbocycles. The second kappa shape index (κ2) is 3.72. The van der Waals surface area contributed by atoms with E-state index in [9.17, 15) is 9.90 Å². The van der Waals surface area contributed by atoms with Gasteiger partial charge in [-0.2, -0.15) is 0 Å². The molecule has 4 saturated carbocycles. The maximum atomic E-state index is 11.9. The summed E-state index contributed by atoms with van der Waals surface area (Å²) in [7, 11) is 0. The molecular weight excluding hydrogens is 238 g/mol. The fourth-order valence-corrected chi connectivity index (χ4v) is 5.54. The van der Waals surface area contributed by atoms with Crippen LogP contribution in [-0.2, 0) is 6.54 Å². The third kappa shape index (κ3) is 1.86. The molecule has 0 aromatic carbocycles. The molecule has 4 bridgehead atoms. The summed E-state index contributed by atoms with van der Waals surface area (Å²) in [5.74, 6) is 1.37. The number of hydrogen-bond donors (Lipinski definition) is 1. The van der Waals surface area contributed by atoms with Gasteiger partial charge in [0.1, 0.15) is 0 Å². The van der Waals surface area contributed by atoms with E-state index in [1.54, 1.807) is 12.1 Å². The molecule has 4 aliphatic rings. The molecule has 2 unspecified atom stereocenters. The van der Waals surface area contributed by atoms with Gasteiger partial charge in [-0.05, 0) is 61.8 Å². The van der Waals surface area contributed by atoms with Crippen LogP contribution in [0.2, 0.25) is 0 Å². The second-order valence-corrected chi connectivity index (χ2v) is 7.35. The second-order valence-electron chi connectivity index (χ2n) is 7.35. The van der Waals surface area contributed by atoms with Gasteiger partial charge in [-0.25, -0.2) is 0 Å². The summed E-state index contributed by atoms with van der Waals surface area (Å²) in [5, 5.41) is 10.7. The monoisotopic (exact) mass is 259 g/mol. The summed E-state index contributed by atoms with van der Waals surface area (Å²) in [4.78, 5) is 11.9. The van der Waals surface area contributed by atoms with Crippen molar-refractivity contribution in [3.63, 3.8) is 0 Å². The SMILES string of the molecule is O=c1ccccn1CC12CC3CC(CC(O)(C3)C1)C2. The van der Waals surface area contributed by atoms with Crippen LogP contribution in [0.1, 0.15) is 38.5 Å². The average Bonchev–Trinajstić information content (AvgIpc) is 2.28. The Morgan fingerprint density at radius 2 is 1.95 bits per heavy atom. The molecule has 3 nitrogen and oxygen atoms in total. The van der Waals surface area contributed by atoms with Gasteiger partial charge in [0.15, 0.2) is 0 Å². The summed E-state index contributed by atoms with van der Waals surface area (Å²) >= 11 is 0. The van der Waals surface area contributed by atoms with E-state index in [-0.39, 0.29) is 11.0 Å². The van der Waals surface area contributed by atoms with Crippen molar-refractivity contribution in [2.45, 2.75) is 50.7 Å². The molecule has 1 aromatic rings. The van der Waals surface area contributed by atoms with Gasteiger partial charge in [0.25, 0.3) is 5.56 Å². The van der Waals surface area contributed by atoms with Crippen molar-refractivity contribution in [2.24, 2.45) is 17.3 Å². The van der Waals surface area contributed by atoms with Gasteiger partial charge in [0.05, 0.1) is 5.60 Å². The van der Waals surface area contributed by atoms with E-state index in [2.05, 4.69) is 0 Å². The number of aromatic nitrogens is 1. The molecule has 3 heteroatoms. The highest BCUT2D eigenvalue weighted by Gasteiger charge is 2.57. The van der Waals surface area contributed by atoms with Crippen LogP contribution in [0.15, 0.2) is 29.2 Å². The van der Waals surface area contributed by atoms with E-state index in [4.69, 9.17) is 0 Å². The lowest BCUT2D eigenvalue weighted by molar-refractivity contribution is -0.168. The lowest BCUT2D eigenvalue weighted by Gasteiger charge is -2.60. The molecule has 4 fully saturated rings. The summed E-state index contributed by atoms with van der Waals surface area (Å²) in [6.07, 6.45) is 8.48. The first-order valence-electron chi connectivity index (χ1n) is 7.44. The maximum Gasteiger partial charge on any atom is 0.250 e. The predicted molar refractivity (Wildman–Crippen MR) is 72.8 cm³/mol. The van der Waals surface area contributed by atoms with Gasteiger partial charge in [-0.1, -0.05) is 6.07 Å². The van der Waals surface area contributed by atoms with E-state index < -0.39 is 5.60 Å². The third-order valence-corrected chi connectivity index (χ3v) is 5.56. The number of rotatable bonds is 2. The predicted octanol–water partition coefficient (Wildman–Crippen LogP) is 2.18. The summed E-state index contributed by atoms with van der Waals surface area (Å²) in [5.41, 5.74) is -0.169. The Morgan fingerprint density at radius 3 is 2.58 bits per heavy atom. The highest BCUT2D eigenvalue weighted by Crippen LogP contribution is 2.61. The molecule has 19 heavy (non-hydrogen) atoms. The van der Waals surface area contributed by atoms with Crippen LogP contribution in [0.3, 0.4) is 0 Å². The molecule has 0 radical (unpaired) electrons. The van der Waals surface area contributed by atoms with Crippen molar-refractivity contribution in [3.8, 4) is 0 Å². The van der Waals surface area contributed by atoms with Gasteiger partial charge < -0.3 is 9.67 Å². The van der Waals surface area contributed by atoms with Crippen LogP contribution in [0.5, 0.6) is 0 Å². The van der Waals surface area contributed by atoms with Crippen molar-refractivity contribution < 1.29 is 5.11 Å². The van der Waals surface area contributed by atoms with Gasteiger partial charge in [-0.15, -0.1) is 0 Å². The van der Waals surface area contributed by atoms with Crippen molar-refractivity contribution >= 4 is 0 Å². The minimum absolute atomic E-state index is 0.0882. The topological polar surface area (TPSA) is 42.2 Å². The first kappa shape index (κ1) is 11.7. The molecule has 0 spiro atoms. The molecule has 0 saturated heterocycles. The fourth-order valence-electron chi connectivity index (χ4n) is 5.54. The third-order valence-electron chi connectivity index (χ3n) is 5.56. The Balaban J connectivity index is 1.68. The molecular formula is C16H21NO2. The lowest BCUT2D eigenvalue weighted by atomic mass is 9.48. The number of pyridine rings is 1. The van der Waals surface area contributed by atoms with Crippen molar-refractivity contribution in [1.82, 2.24) is 4.57 Å². The van der Waals surface area contributed by atoms with Crippen LogP contribution >= 0.6 is 0 Å². The molecule has 1 N–H and O–H groups in total. The Labute approximate surface area is 113 Å². The van der Waals surface area contributed by atoms with Gasteiger partial charge in [0, 0.05) is 18.8 Å². The zero-order valence-electron chi connectivity index (χ0n) is 11.2. The van der Waals surface area contributed by atoms with Crippen molar-refractivity contribution in [2.75, 3.05) is 0 Å². The number of nitrogens with zero attached hydrogens (tertiary/aromatic N) is 1. The zero-order chi connectivity index (χ0) is 13.1. The highest BCUT2D eigenvalue weighted by molar-refractivity contribution is 5.08. The maximum absolute atomic E-state index is 11.9. The molecule has 1 aromatic heterocycles. The normalized spacial score (nSPS) is 43.6. The van der Waals surface area contributed by atoms with Crippen LogP contribution in [0, 0.1) is 17.3 Å². The van der Waals surface area contributed by atoms with E-state index in [0.29, 0.717) is 11.8 Å². The number of aliphatic hydroxyl groups is 1. The van der Waals surface area contributed by atoms with Crippen molar-refractivity contribution in [1.29, 1.82) is 0 Å². The molecule has 5 rings (SSSR count). The van der Waals surface area contributed by atoms with Crippen LogP contribution in [0.4, 0.5) is 0 Å². The minimum atomic E-state index is -0.428. The smallest absolute Gasteiger partial charge is 0.250 e. The quantitative estimate of drug-likeness (QED) is 0.884. The number of hydrogen-bond acceptors (Lipinski definition) is 2. The van der Waals surface area contributed by atoms with Gasteiger partial charge in [0.2, 0.25) is 0 Å². The first-order chi connectivity index (χ1) is 9.06. The van der Waals surface area contributed by atoms with Crippen LogP contribution < -0.4 is 5.56 Å². The summed E-state index contributed by atoms with van der Waals surface area (Å²) < 4.78 is 1.84. The van der Waals surface area contributed by atoms with E-state index in [0.717, 1.165) is 25.8 Å².